The van der Waals surface area contributed by atoms with Crippen LogP contribution in [0.3, 0.4) is 0 Å². The largest absolute Gasteiger partial charge is 0.481 e. The van der Waals surface area contributed by atoms with Gasteiger partial charge in [0, 0.05) is 23.2 Å². The van der Waals surface area contributed by atoms with Gasteiger partial charge in [-0.05, 0) is 29.7 Å². The predicted molar refractivity (Wildman–Crippen MR) is 92.2 cm³/mol. The summed E-state index contributed by atoms with van der Waals surface area (Å²) in [7, 11) is 0. The fourth-order valence-electron chi connectivity index (χ4n) is 3.41. The van der Waals surface area contributed by atoms with Crippen LogP contribution in [0.2, 0.25) is 5.02 Å². The average molecular weight is 344 g/mol. The molecule has 0 aliphatic carbocycles. The first-order valence-electron chi connectivity index (χ1n) is 7.90. The molecule has 2 aromatic rings. The number of carboxylic acids is 1. The fourth-order valence-corrected chi connectivity index (χ4v) is 3.60. The molecule has 124 valence electrons. The Balaban J connectivity index is 2.07. The van der Waals surface area contributed by atoms with Crippen LogP contribution in [0.4, 0.5) is 0 Å². The Labute approximate surface area is 145 Å². The Morgan fingerprint density at radius 2 is 1.83 bits per heavy atom. The summed E-state index contributed by atoms with van der Waals surface area (Å²) in [6, 6.07) is 13.9. The minimum atomic E-state index is -0.911. The highest BCUT2D eigenvalue weighted by atomic mass is 35.5. The number of hydrogen-bond acceptors (Lipinski definition) is 2. The quantitative estimate of drug-likeness (QED) is 0.914. The Kier molecular flexibility index (Phi) is 4.58. The van der Waals surface area contributed by atoms with Crippen molar-refractivity contribution < 1.29 is 14.7 Å². The van der Waals surface area contributed by atoms with E-state index in [9.17, 15) is 14.7 Å². The zero-order chi connectivity index (χ0) is 17.3. The zero-order valence-electron chi connectivity index (χ0n) is 13.3. The number of halogens is 1. The molecule has 1 amide bonds. The first-order chi connectivity index (χ1) is 11.5. The van der Waals surface area contributed by atoms with E-state index in [1.165, 1.54) is 0 Å². The SMILES string of the molecule is CCC1C(C(=O)O)c2ccccc2C(=O)N1Cc1ccccc1Cl. The Hall–Kier alpha value is -2.33. The summed E-state index contributed by atoms with van der Waals surface area (Å²) in [5, 5.41) is 10.3. The summed E-state index contributed by atoms with van der Waals surface area (Å²) in [5.74, 6) is -1.78. The molecule has 2 unspecified atom stereocenters. The van der Waals surface area contributed by atoms with E-state index in [2.05, 4.69) is 0 Å². The number of hydrogen-bond donors (Lipinski definition) is 1. The molecule has 24 heavy (non-hydrogen) atoms. The number of carbonyl (C=O) groups is 2. The third-order valence-electron chi connectivity index (χ3n) is 4.56. The lowest BCUT2D eigenvalue weighted by molar-refractivity contribution is -0.140. The van der Waals surface area contributed by atoms with Crippen LogP contribution in [0.1, 0.15) is 40.7 Å². The van der Waals surface area contributed by atoms with Gasteiger partial charge in [-0.1, -0.05) is 54.9 Å². The number of rotatable bonds is 4. The summed E-state index contributed by atoms with van der Waals surface area (Å²) in [6.07, 6.45) is 0.557. The van der Waals surface area contributed by atoms with Crippen LogP contribution in [0.25, 0.3) is 0 Å². The second-order valence-corrected chi connectivity index (χ2v) is 6.31. The van der Waals surface area contributed by atoms with Crippen LogP contribution in [0, 0.1) is 0 Å². The van der Waals surface area contributed by atoms with Crippen molar-refractivity contribution in [3.05, 3.63) is 70.2 Å². The summed E-state index contributed by atoms with van der Waals surface area (Å²) in [4.78, 5) is 26.5. The third-order valence-corrected chi connectivity index (χ3v) is 4.92. The zero-order valence-corrected chi connectivity index (χ0v) is 14.0. The number of carboxylic acid groups (broad SMARTS) is 1. The van der Waals surface area contributed by atoms with Crippen LogP contribution >= 0.6 is 11.6 Å². The summed E-state index contributed by atoms with van der Waals surface area (Å²) in [5.41, 5.74) is 1.87. The van der Waals surface area contributed by atoms with E-state index in [1.807, 2.05) is 25.1 Å². The van der Waals surface area contributed by atoms with Gasteiger partial charge in [-0.3, -0.25) is 9.59 Å². The van der Waals surface area contributed by atoms with Gasteiger partial charge in [0.25, 0.3) is 5.91 Å². The number of amides is 1. The molecule has 5 heteroatoms. The maximum atomic E-state index is 13.0. The molecule has 0 aromatic heterocycles. The predicted octanol–water partition coefficient (Wildman–Crippen LogP) is 3.94. The maximum Gasteiger partial charge on any atom is 0.313 e. The van der Waals surface area contributed by atoms with E-state index in [-0.39, 0.29) is 5.91 Å². The highest BCUT2D eigenvalue weighted by Gasteiger charge is 2.42. The molecule has 1 heterocycles. The normalized spacial score (nSPS) is 19.9. The van der Waals surface area contributed by atoms with Gasteiger partial charge >= 0.3 is 5.97 Å². The summed E-state index contributed by atoms with van der Waals surface area (Å²) >= 11 is 6.23. The number of aliphatic carboxylic acids is 1. The molecule has 1 aliphatic rings. The van der Waals surface area contributed by atoms with Gasteiger partial charge in [0.2, 0.25) is 0 Å². The number of nitrogens with zero attached hydrogens (tertiary/aromatic N) is 1. The van der Waals surface area contributed by atoms with E-state index < -0.39 is 17.9 Å². The molecule has 0 saturated carbocycles. The van der Waals surface area contributed by atoms with Crippen molar-refractivity contribution in [2.24, 2.45) is 0 Å². The van der Waals surface area contributed by atoms with Crippen molar-refractivity contribution in [3.63, 3.8) is 0 Å². The second kappa shape index (κ2) is 6.65. The maximum absolute atomic E-state index is 13.0. The molecular weight excluding hydrogens is 326 g/mol. The highest BCUT2D eigenvalue weighted by Crippen LogP contribution is 2.36. The fraction of sp³-hybridized carbons (Fsp3) is 0.263. The lowest BCUT2D eigenvalue weighted by atomic mass is 9.81. The number of fused-ring (bicyclic) bond motifs is 1. The number of benzene rings is 2. The van der Waals surface area contributed by atoms with E-state index in [0.717, 1.165) is 5.56 Å². The van der Waals surface area contributed by atoms with Crippen LogP contribution in [-0.2, 0) is 11.3 Å². The molecule has 3 rings (SSSR count). The van der Waals surface area contributed by atoms with Crippen molar-refractivity contribution in [1.82, 2.24) is 4.90 Å². The van der Waals surface area contributed by atoms with Crippen molar-refractivity contribution >= 4 is 23.5 Å². The van der Waals surface area contributed by atoms with Gasteiger partial charge in [-0.15, -0.1) is 0 Å². The molecule has 0 fully saturated rings. The third kappa shape index (κ3) is 2.78. The van der Waals surface area contributed by atoms with Gasteiger partial charge in [0.1, 0.15) is 5.92 Å². The van der Waals surface area contributed by atoms with Crippen molar-refractivity contribution in [2.75, 3.05) is 0 Å². The average Bonchev–Trinajstić information content (AvgIpc) is 2.58. The molecule has 0 bridgehead atoms. The Morgan fingerprint density at radius 1 is 1.17 bits per heavy atom. The van der Waals surface area contributed by atoms with Gasteiger partial charge in [0.15, 0.2) is 0 Å². The van der Waals surface area contributed by atoms with Gasteiger partial charge in [0.05, 0.1) is 0 Å². The van der Waals surface area contributed by atoms with Gasteiger partial charge < -0.3 is 10.0 Å². The lowest BCUT2D eigenvalue weighted by Crippen LogP contribution is -2.49. The first-order valence-corrected chi connectivity index (χ1v) is 8.28. The lowest BCUT2D eigenvalue weighted by Gasteiger charge is -2.40. The summed E-state index contributed by atoms with van der Waals surface area (Å²) < 4.78 is 0. The monoisotopic (exact) mass is 343 g/mol. The number of carbonyl (C=O) groups excluding carboxylic acids is 1. The van der Waals surface area contributed by atoms with Crippen molar-refractivity contribution in [2.45, 2.75) is 31.8 Å². The van der Waals surface area contributed by atoms with E-state index in [0.29, 0.717) is 29.1 Å². The first kappa shape index (κ1) is 16.5. The molecule has 2 atom stereocenters. The van der Waals surface area contributed by atoms with Crippen molar-refractivity contribution in [3.8, 4) is 0 Å². The molecule has 1 N–H and O–H groups in total. The van der Waals surface area contributed by atoms with Crippen LogP contribution in [-0.4, -0.2) is 27.9 Å². The molecule has 0 spiro atoms. The molecule has 2 aromatic carbocycles. The molecule has 0 radical (unpaired) electrons. The summed E-state index contributed by atoms with van der Waals surface area (Å²) in [6.45, 7) is 2.20. The highest BCUT2D eigenvalue weighted by molar-refractivity contribution is 6.31. The second-order valence-electron chi connectivity index (χ2n) is 5.90. The standard InChI is InChI=1S/C19H18ClNO3/c1-2-16-17(19(23)24)13-8-4-5-9-14(13)18(22)21(16)11-12-7-3-6-10-15(12)20/h3-10,16-17H,2,11H2,1H3,(H,23,24). The molecule has 0 saturated heterocycles. The minimum Gasteiger partial charge on any atom is -0.481 e. The van der Waals surface area contributed by atoms with Gasteiger partial charge in [-0.2, -0.15) is 0 Å². The van der Waals surface area contributed by atoms with E-state index in [4.69, 9.17) is 11.6 Å². The molecule has 1 aliphatic heterocycles. The molecule has 4 nitrogen and oxygen atoms in total. The topological polar surface area (TPSA) is 57.6 Å². The van der Waals surface area contributed by atoms with Crippen LogP contribution in [0.5, 0.6) is 0 Å². The van der Waals surface area contributed by atoms with Gasteiger partial charge in [-0.25, -0.2) is 0 Å². The van der Waals surface area contributed by atoms with Crippen LogP contribution in [0.15, 0.2) is 48.5 Å². The Bertz CT molecular complexity index is 790. The van der Waals surface area contributed by atoms with E-state index >= 15 is 0 Å². The van der Waals surface area contributed by atoms with E-state index in [1.54, 1.807) is 35.2 Å². The Morgan fingerprint density at radius 3 is 2.50 bits per heavy atom. The van der Waals surface area contributed by atoms with Crippen LogP contribution < -0.4 is 0 Å². The minimum absolute atomic E-state index is 0.144. The van der Waals surface area contributed by atoms with Crippen molar-refractivity contribution in [1.29, 1.82) is 0 Å². The smallest absolute Gasteiger partial charge is 0.313 e. The molecular formula is C19H18ClNO3.